The van der Waals surface area contributed by atoms with Gasteiger partial charge < -0.3 is 0 Å². The highest BCUT2D eigenvalue weighted by Gasteiger charge is 2.29. The smallest absolute Gasteiger partial charge is 0.264 e. The van der Waals surface area contributed by atoms with Gasteiger partial charge in [-0.25, -0.2) is 8.78 Å². The van der Waals surface area contributed by atoms with Gasteiger partial charge in [0.05, 0.1) is 11.9 Å². The first-order valence-corrected chi connectivity index (χ1v) is 18.1. The molecule has 8 rings (SSSR count). The lowest BCUT2D eigenvalue weighted by Gasteiger charge is -2.15. The number of hydrogen-bond donors (Lipinski definition) is 0. The summed E-state index contributed by atoms with van der Waals surface area (Å²) in [5.41, 5.74) is 7.02. The standard InChI is InChI=1S/C17H18F2.C16H17N3.C12H13N/c1-10(2)13-5-3-4-12-8-14(11-6-7-11)16(17(18)19)9-15(12)13;1-11(2)14-6-4-5-12-7-16(17-9-15(12)14)13-8-18-19(3)10-13;1-9(2)11-5-3-4-10-6-7-13-8-12(10)11/h3-5,8-11,17H,6-7H2,1-2H3;4-11H,1-3H3;3-9H,1-2H3. The molecular weight excluding hydrogens is 635 g/mol. The summed E-state index contributed by atoms with van der Waals surface area (Å²) in [4.78, 5) is 8.74. The maximum absolute atomic E-state index is 13.3. The van der Waals surface area contributed by atoms with Gasteiger partial charge >= 0.3 is 0 Å². The van der Waals surface area contributed by atoms with Crippen molar-refractivity contribution in [1.82, 2.24) is 19.7 Å². The van der Waals surface area contributed by atoms with Gasteiger partial charge in [0.25, 0.3) is 6.43 Å². The minimum atomic E-state index is -2.37. The molecule has 7 aromatic rings. The van der Waals surface area contributed by atoms with Gasteiger partial charge in [-0.1, -0.05) is 102 Å². The SMILES string of the molecule is CC(C)c1cccc2cc(-c3cnn(C)c3)ncc12.CC(C)c1cccc2cc(C3CC3)c(C(F)F)cc12.CC(C)c1cccc2ccncc12. The first-order valence-electron chi connectivity index (χ1n) is 18.1. The molecule has 262 valence electrons. The Balaban J connectivity index is 0.000000134. The number of hydrogen-bond acceptors (Lipinski definition) is 3. The number of halogens is 2. The van der Waals surface area contributed by atoms with Crippen molar-refractivity contribution in [3.63, 3.8) is 0 Å². The van der Waals surface area contributed by atoms with Crippen LogP contribution < -0.4 is 0 Å². The van der Waals surface area contributed by atoms with E-state index in [-0.39, 0.29) is 5.56 Å². The van der Waals surface area contributed by atoms with Crippen LogP contribution in [0.25, 0.3) is 43.6 Å². The Kier molecular flexibility index (Phi) is 10.9. The Morgan fingerprint density at radius 2 is 1.20 bits per heavy atom. The summed E-state index contributed by atoms with van der Waals surface area (Å²) >= 11 is 0. The van der Waals surface area contributed by atoms with Gasteiger partial charge in [0.15, 0.2) is 0 Å². The van der Waals surface area contributed by atoms with Gasteiger partial charge in [-0.15, -0.1) is 0 Å². The van der Waals surface area contributed by atoms with Crippen LogP contribution >= 0.6 is 0 Å². The van der Waals surface area contributed by atoms with Crippen molar-refractivity contribution in [1.29, 1.82) is 0 Å². The molecule has 0 unspecified atom stereocenters. The second-order valence-corrected chi connectivity index (χ2v) is 14.6. The monoisotopic (exact) mass is 682 g/mol. The number of aryl methyl sites for hydroxylation is 1. The number of pyridine rings is 2. The number of fused-ring (bicyclic) bond motifs is 3. The van der Waals surface area contributed by atoms with E-state index in [4.69, 9.17) is 0 Å². The fourth-order valence-corrected chi connectivity index (χ4v) is 6.87. The zero-order valence-corrected chi connectivity index (χ0v) is 30.7. The van der Waals surface area contributed by atoms with Crippen LogP contribution in [0.4, 0.5) is 8.78 Å². The van der Waals surface area contributed by atoms with E-state index in [9.17, 15) is 8.78 Å². The third kappa shape index (κ3) is 8.17. The molecule has 51 heavy (non-hydrogen) atoms. The van der Waals surface area contributed by atoms with Gasteiger partial charge in [-0.2, -0.15) is 5.10 Å². The van der Waals surface area contributed by atoms with Crippen LogP contribution in [0, 0.1) is 0 Å². The van der Waals surface area contributed by atoms with E-state index in [0.717, 1.165) is 46.0 Å². The molecule has 4 aromatic carbocycles. The van der Waals surface area contributed by atoms with Gasteiger partial charge in [0.1, 0.15) is 0 Å². The average molecular weight is 683 g/mol. The largest absolute Gasteiger partial charge is 0.275 e. The summed E-state index contributed by atoms with van der Waals surface area (Å²) < 4.78 is 28.4. The quantitative estimate of drug-likeness (QED) is 0.175. The zero-order chi connectivity index (χ0) is 36.2. The van der Waals surface area contributed by atoms with E-state index < -0.39 is 6.43 Å². The lowest BCUT2D eigenvalue weighted by Crippen LogP contribution is -1.96. The Bertz CT molecular complexity index is 2260. The molecule has 1 saturated carbocycles. The predicted molar refractivity (Wildman–Crippen MR) is 209 cm³/mol. The molecule has 6 heteroatoms. The molecule has 0 atom stereocenters. The molecular formula is C45H48F2N4. The number of benzene rings is 4. The maximum atomic E-state index is 13.3. The summed E-state index contributed by atoms with van der Waals surface area (Å²) in [5, 5.41) is 11.3. The fraction of sp³-hybridized carbons (Fsp3) is 0.311. The van der Waals surface area contributed by atoms with Gasteiger partial charge in [0.2, 0.25) is 0 Å². The highest BCUT2D eigenvalue weighted by Crippen LogP contribution is 2.45. The number of rotatable bonds is 6. The lowest BCUT2D eigenvalue weighted by atomic mass is 9.91. The second-order valence-electron chi connectivity index (χ2n) is 14.6. The molecule has 0 spiro atoms. The average Bonchev–Trinajstić information content (AvgIpc) is 3.89. The lowest BCUT2D eigenvalue weighted by molar-refractivity contribution is 0.150. The Hall–Kier alpha value is -4.97. The number of alkyl halides is 2. The minimum Gasteiger partial charge on any atom is -0.275 e. The highest BCUT2D eigenvalue weighted by molar-refractivity contribution is 5.89. The Morgan fingerprint density at radius 1 is 0.627 bits per heavy atom. The molecule has 1 aliphatic carbocycles. The van der Waals surface area contributed by atoms with Crippen molar-refractivity contribution < 1.29 is 8.78 Å². The van der Waals surface area contributed by atoms with Crippen molar-refractivity contribution in [2.75, 3.05) is 0 Å². The molecule has 0 radical (unpaired) electrons. The molecule has 4 nitrogen and oxygen atoms in total. The molecule has 1 fully saturated rings. The molecule has 0 saturated heterocycles. The van der Waals surface area contributed by atoms with E-state index >= 15 is 0 Å². The summed E-state index contributed by atoms with van der Waals surface area (Å²) in [6, 6.07) is 26.8. The first kappa shape index (κ1) is 35.8. The topological polar surface area (TPSA) is 43.6 Å². The summed E-state index contributed by atoms with van der Waals surface area (Å²) in [7, 11) is 1.92. The Morgan fingerprint density at radius 3 is 1.75 bits per heavy atom. The van der Waals surface area contributed by atoms with Crippen LogP contribution in [-0.2, 0) is 7.05 Å². The molecule has 0 N–H and O–H groups in total. The van der Waals surface area contributed by atoms with Crippen molar-refractivity contribution in [3.05, 3.63) is 138 Å². The van der Waals surface area contributed by atoms with E-state index in [2.05, 4.69) is 105 Å². The molecule has 3 aromatic heterocycles. The van der Waals surface area contributed by atoms with Crippen LogP contribution in [0.1, 0.15) is 112 Å². The van der Waals surface area contributed by atoms with Crippen LogP contribution in [-0.4, -0.2) is 19.7 Å². The molecule has 0 amide bonds. The second kappa shape index (κ2) is 15.5. The predicted octanol–water partition coefficient (Wildman–Crippen LogP) is 12.9. The Labute approximate surface area is 300 Å². The summed E-state index contributed by atoms with van der Waals surface area (Å²) in [6.45, 7) is 13.0. The maximum Gasteiger partial charge on any atom is 0.264 e. The van der Waals surface area contributed by atoms with E-state index in [1.165, 1.54) is 32.7 Å². The molecule has 0 bridgehead atoms. The summed E-state index contributed by atoms with van der Waals surface area (Å²) in [6.07, 6.45) is 9.33. The fourth-order valence-electron chi connectivity index (χ4n) is 6.87. The number of nitrogens with zero attached hydrogens (tertiary/aromatic N) is 4. The zero-order valence-electron chi connectivity index (χ0n) is 30.7. The first-order chi connectivity index (χ1) is 24.5. The molecule has 3 heterocycles. The minimum absolute atomic E-state index is 0.239. The normalized spacial score (nSPS) is 12.9. The van der Waals surface area contributed by atoms with Crippen LogP contribution in [0.5, 0.6) is 0 Å². The summed E-state index contributed by atoms with van der Waals surface area (Å²) in [5.74, 6) is 1.78. The van der Waals surface area contributed by atoms with E-state index in [1.54, 1.807) is 10.7 Å². The van der Waals surface area contributed by atoms with Crippen molar-refractivity contribution in [2.24, 2.45) is 7.05 Å². The van der Waals surface area contributed by atoms with Crippen LogP contribution in [0.2, 0.25) is 0 Å². The van der Waals surface area contributed by atoms with Crippen molar-refractivity contribution in [3.8, 4) is 11.3 Å². The van der Waals surface area contributed by atoms with E-state index in [1.807, 2.05) is 62.3 Å². The van der Waals surface area contributed by atoms with Crippen molar-refractivity contribution >= 4 is 32.3 Å². The third-order valence-corrected chi connectivity index (χ3v) is 9.75. The van der Waals surface area contributed by atoms with Crippen molar-refractivity contribution in [2.45, 2.75) is 84.5 Å². The van der Waals surface area contributed by atoms with E-state index in [0.29, 0.717) is 23.7 Å². The molecule has 0 aliphatic heterocycles. The van der Waals surface area contributed by atoms with Gasteiger partial charge in [0, 0.05) is 53.7 Å². The van der Waals surface area contributed by atoms with Crippen LogP contribution in [0.15, 0.2) is 110 Å². The van der Waals surface area contributed by atoms with Gasteiger partial charge in [-0.3, -0.25) is 14.6 Å². The highest BCUT2D eigenvalue weighted by atomic mass is 19.3. The van der Waals surface area contributed by atoms with Gasteiger partial charge in [-0.05, 0) is 98.5 Å². The third-order valence-electron chi connectivity index (χ3n) is 9.75. The number of aromatic nitrogens is 4. The van der Waals surface area contributed by atoms with Crippen LogP contribution in [0.3, 0.4) is 0 Å². The molecule has 1 aliphatic rings.